The summed E-state index contributed by atoms with van der Waals surface area (Å²) in [5, 5.41) is 2.86. The molecule has 3 rings (SSSR count). The number of nitrogens with zero attached hydrogens (tertiary/aromatic N) is 2. The van der Waals surface area contributed by atoms with E-state index in [-0.39, 0.29) is 12.3 Å². The van der Waals surface area contributed by atoms with E-state index in [2.05, 4.69) is 10.3 Å². The molecule has 0 bridgehead atoms. The van der Waals surface area contributed by atoms with Crippen LogP contribution in [0.2, 0.25) is 0 Å². The number of imidazole rings is 1. The second-order valence-corrected chi connectivity index (χ2v) is 6.10. The maximum absolute atomic E-state index is 13.7. The minimum atomic E-state index is -0.978. The van der Waals surface area contributed by atoms with Gasteiger partial charge in [0.25, 0.3) is 0 Å². The topological polar surface area (TPSA) is 56.1 Å². The molecule has 0 aliphatic rings. The van der Waals surface area contributed by atoms with E-state index in [9.17, 15) is 13.6 Å². The number of rotatable bonds is 6. The minimum absolute atomic E-state index is 0.113. The van der Waals surface area contributed by atoms with Crippen LogP contribution in [0.25, 0.3) is 0 Å². The number of benzene rings is 2. The summed E-state index contributed by atoms with van der Waals surface area (Å²) >= 11 is 0. The quantitative estimate of drug-likeness (QED) is 0.724. The lowest BCUT2D eigenvalue weighted by Crippen LogP contribution is -2.32. The Balaban J connectivity index is 1.86. The van der Waals surface area contributed by atoms with Crippen LogP contribution in [0.3, 0.4) is 0 Å². The van der Waals surface area contributed by atoms with Crippen molar-refractivity contribution in [2.75, 3.05) is 7.11 Å². The van der Waals surface area contributed by atoms with Gasteiger partial charge in [-0.2, -0.15) is 0 Å². The van der Waals surface area contributed by atoms with Crippen molar-refractivity contribution in [2.45, 2.75) is 12.5 Å². The van der Waals surface area contributed by atoms with Crippen LogP contribution in [0.15, 0.2) is 54.9 Å². The summed E-state index contributed by atoms with van der Waals surface area (Å²) in [7, 11) is 3.32. The van der Waals surface area contributed by atoms with Gasteiger partial charge < -0.3 is 14.6 Å². The molecule has 1 atom stereocenters. The molecule has 0 aliphatic carbocycles. The average molecular weight is 371 g/mol. The molecule has 0 spiro atoms. The lowest BCUT2D eigenvalue weighted by molar-refractivity contribution is -0.121. The van der Waals surface area contributed by atoms with Gasteiger partial charge in [0.1, 0.15) is 17.6 Å². The van der Waals surface area contributed by atoms with Crippen LogP contribution in [0.5, 0.6) is 5.75 Å². The molecule has 0 aliphatic heterocycles. The van der Waals surface area contributed by atoms with E-state index in [4.69, 9.17) is 4.74 Å². The van der Waals surface area contributed by atoms with E-state index >= 15 is 0 Å². The Morgan fingerprint density at radius 1 is 1.22 bits per heavy atom. The number of halogens is 2. The number of amides is 1. The number of hydrogen-bond acceptors (Lipinski definition) is 3. The van der Waals surface area contributed by atoms with E-state index in [0.717, 1.165) is 17.7 Å². The fourth-order valence-electron chi connectivity index (χ4n) is 2.82. The zero-order valence-electron chi connectivity index (χ0n) is 14.9. The maximum Gasteiger partial charge on any atom is 0.225 e. The van der Waals surface area contributed by atoms with Gasteiger partial charge in [-0.25, -0.2) is 13.8 Å². The number of aromatic nitrogens is 2. The maximum atomic E-state index is 13.7. The molecule has 0 radical (unpaired) electrons. The van der Waals surface area contributed by atoms with Gasteiger partial charge in [-0.3, -0.25) is 4.79 Å². The predicted octanol–water partition coefficient (Wildman–Crippen LogP) is 3.16. The Morgan fingerprint density at radius 3 is 2.70 bits per heavy atom. The first-order valence-corrected chi connectivity index (χ1v) is 8.32. The molecular weight excluding hydrogens is 352 g/mol. The second-order valence-electron chi connectivity index (χ2n) is 6.10. The van der Waals surface area contributed by atoms with Crippen molar-refractivity contribution < 1.29 is 18.3 Å². The highest BCUT2D eigenvalue weighted by molar-refractivity contribution is 5.79. The molecule has 3 aromatic rings. The number of nitrogens with one attached hydrogen (secondary N) is 1. The van der Waals surface area contributed by atoms with Gasteiger partial charge in [-0.05, 0) is 35.4 Å². The first-order valence-electron chi connectivity index (χ1n) is 8.32. The first kappa shape index (κ1) is 18.6. The molecule has 1 N–H and O–H groups in total. The van der Waals surface area contributed by atoms with Gasteiger partial charge in [0.2, 0.25) is 5.91 Å². The molecule has 1 aromatic heterocycles. The Labute approximate surface area is 155 Å². The monoisotopic (exact) mass is 371 g/mol. The number of hydrogen-bond donors (Lipinski definition) is 1. The Kier molecular flexibility index (Phi) is 5.49. The van der Waals surface area contributed by atoms with Crippen molar-refractivity contribution in [1.82, 2.24) is 14.9 Å². The molecule has 27 heavy (non-hydrogen) atoms. The van der Waals surface area contributed by atoms with Gasteiger partial charge >= 0.3 is 0 Å². The van der Waals surface area contributed by atoms with Crippen LogP contribution in [-0.4, -0.2) is 22.6 Å². The van der Waals surface area contributed by atoms with Crippen LogP contribution in [0, 0.1) is 11.6 Å². The Hall–Kier alpha value is -3.22. The normalized spacial score (nSPS) is 11.9. The largest absolute Gasteiger partial charge is 0.497 e. The standard InChI is InChI=1S/C20H19F2N3O2/c1-25-9-8-23-20(25)19(14-6-7-16(21)17(22)12-14)24-18(26)11-13-4-3-5-15(10-13)27-2/h3-10,12,19H,11H2,1-2H3,(H,24,26)/t19-/m0/s1. The molecular formula is C20H19F2N3O2. The summed E-state index contributed by atoms with van der Waals surface area (Å²) in [6.45, 7) is 0. The van der Waals surface area contributed by atoms with Crippen molar-refractivity contribution in [3.8, 4) is 5.75 Å². The SMILES string of the molecule is COc1cccc(CC(=O)N[C@@H](c2ccc(F)c(F)c2)c2nccn2C)c1. The van der Waals surface area contributed by atoms with Crippen molar-refractivity contribution >= 4 is 5.91 Å². The highest BCUT2D eigenvalue weighted by Gasteiger charge is 2.22. The highest BCUT2D eigenvalue weighted by atomic mass is 19.2. The molecule has 1 heterocycles. The molecule has 0 saturated carbocycles. The van der Waals surface area contributed by atoms with Crippen molar-refractivity contribution in [1.29, 1.82) is 0 Å². The number of methoxy groups -OCH3 is 1. The summed E-state index contributed by atoms with van der Waals surface area (Å²) in [6.07, 6.45) is 3.41. The van der Waals surface area contributed by atoms with Crippen molar-refractivity contribution in [3.63, 3.8) is 0 Å². The number of ether oxygens (including phenoxy) is 1. The third kappa shape index (κ3) is 4.31. The number of carbonyl (C=O) groups is 1. The van der Waals surface area contributed by atoms with E-state index in [0.29, 0.717) is 17.1 Å². The molecule has 0 saturated heterocycles. The lowest BCUT2D eigenvalue weighted by atomic mass is 10.0. The fraction of sp³-hybridized carbons (Fsp3) is 0.200. The number of carbonyl (C=O) groups excluding carboxylic acids is 1. The van der Waals surface area contributed by atoms with E-state index in [1.807, 2.05) is 6.07 Å². The molecule has 2 aromatic carbocycles. The smallest absolute Gasteiger partial charge is 0.225 e. The van der Waals surface area contributed by atoms with Crippen LogP contribution in [-0.2, 0) is 18.3 Å². The summed E-state index contributed by atoms with van der Waals surface area (Å²) < 4.78 is 33.9. The summed E-state index contributed by atoms with van der Waals surface area (Å²) in [4.78, 5) is 16.8. The minimum Gasteiger partial charge on any atom is -0.497 e. The lowest BCUT2D eigenvalue weighted by Gasteiger charge is -2.19. The van der Waals surface area contributed by atoms with Gasteiger partial charge in [0, 0.05) is 19.4 Å². The van der Waals surface area contributed by atoms with Gasteiger partial charge in [-0.15, -0.1) is 0 Å². The summed E-state index contributed by atoms with van der Waals surface area (Å²) in [5.74, 6) is -1.03. The van der Waals surface area contributed by atoms with E-state index < -0.39 is 17.7 Å². The summed E-state index contributed by atoms with van der Waals surface area (Å²) in [5.41, 5.74) is 1.18. The van der Waals surface area contributed by atoms with Crippen LogP contribution in [0.1, 0.15) is 23.0 Å². The molecule has 0 unspecified atom stereocenters. The zero-order valence-corrected chi connectivity index (χ0v) is 14.9. The molecule has 140 valence electrons. The van der Waals surface area contributed by atoms with Crippen molar-refractivity contribution in [2.24, 2.45) is 7.05 Å². The summed E-state index contributed by atoms with van der Waals surface area (Å²) in [6, 6.07) is 10.0. The third-order valence-corrected chi connectivity index (χ3v) is 4.20. The molecule has 5 nitrogen and oxygen atoms in total. The third-order valence-electron chi connectivity index (χ3n) is 4.20. The predicted molar refractivity (Wildman–Crippen MR) is 96.2 cm³/mol. The van der Waals surface area contributed by atoms with Gasteiger partial charge in [-0.1, -0.05) is 18.2 Å². The molecule has 7 heteroatoms. The Bertz CT molecular complexity index is 956. The van der Waals surface area contributed by atoms with E-state index in [1.165, 1.54) is 6.07 Å². The highest BCUT2D eigenvalue weighted by Crippen LogP contribution is 2.23. The van der Waals surface area contributed by atoms with Crippen LogP contribution >= 0.6 is 0 Å². The number of aryl methyl sites for hydroxylation is 1. The van der Waals surface area contributed by atoms with Gasteiger partial charge in [0.15, 0.2) is 11.6 Å². The molecule has 0 fully saturated rings. The Morgan fingerprint density at radius 2 is 2.04 bits per heavy atom. The average Bonchev–Trinajstić information content (AvgIpc) is 3.08. The van der Waals surface area contributed by atoms with Crippen LogP contribution < -0.4 is 10.1 Å². The van der Waals surface area contributed by atoms with Gasteiger partial charge in [0.05, 0.1) is 13.5 Å². The zero-order chi connectivity index (χ0) is 19.4. The van der Waals surface area contributed by atoms with Crippen molar-refractivity contribution in [3.05, 3.63) is 83.4 Å². The second kappa shape index (κ2) is 7.99. The first-order chi connectivity index (χ1) is 13.0. The fourth-order valence-corrected chi connectivity index (χ4v) is 2.82. The molecule has 1 amide bonds. The van der Waals surface area contributed by atoms with Crippen LogP contribution in [0.4, 0.5) is 8.78 Å². The van der Waals surface area contributed by atoms with E-state index in [1.54, 1.807) is 49.3 Å².